The van der Waals surface area contributed by atoms with Gasteiger partial charge in [-0.15, -0.1) is 0 Å². The summed E-state index contributed by atoms with van der Waals surface area (Å²) >= 11 is 1.39. The molecule has 124 valence electrons. The number of carbonyl (C=O) groups excluding carboxylic acids is 1. The van der Waals surface area contributed by atoms with E-state index in [-0.39, 0.29) is 5.91 Å². The summed E-state index contributed by atoms with van der Waals surface area (Å²) in [6.45, 7) is 4.97. The second kappa shape index (κ2) is 5.88. The number of aryl methyl sites for hydroxylation is 1. The molecular formula is C16H18N6OS. The second-order valence-corrected chi connectivity index (χ2v) is 6.96. The van der Waals surface area contributed by atoms with Crippen molar-refractivity contribution in [3.05, 3.63) is 40.7 Å². The SMILES string of the molecule is Cc1cc(C(=O)NCc2cc3n(n2)CCNC3)cc2sc(N)nc12. The third kappa shape index (κ3) is 2.74. The number of hydrogen-bond acceptors (Lipinski definition) is 6. The van der Waals surface area contributed by atoms with Crippen molar-refractivity contribution in [3.63, 3.8) is 0 Å². The fourth-order valence-electron chi connectivity index (χ4n) is 2.96. The first-order valence-electron chi connectivity index (χ1n) is 7.81. The number of rotatable bonds is 3. The molecule has 0 fully saturated rings. The van der Waals surface area contributed by atoms with Gasteiger partial charge in [-0.1, -0.05) is 11.3 Å². The van der Waals surface area contributed by atoms with Crippen molar-refractivity contribution in [1.82, 2.24) is 25.4 Å². The number of nitrogen functional groups attached to an aromatic ring is 1. The standard InChI is InChI=1S/C16H18N6OS/c1-9-4-10(5-13-14(9)20-16(17)24-13)15(23)19-7-11-6-12-8-18-2-3-22(12)21-11/h4-6,18H,2-3,7-8H2,1H3,(H2,17,20)(H,19,23). The lowest BCUT2D eigenvalue weighted by Crippen LogP contribution is -2.28. The topological polar surface area (TPSA) is 97.9 Å². The van der Waals surface area contributed by atoms with Crippen molar-refractivity contribution >= 4 is 32.6 Å². The Balaban J connectivity index is 1.50. The lowest BCUT2D eigenvalue weighted by molar-refractivity contribution is 0.0950. The zero-order chi connectivity index (χ0) is 16.7. The molecule has 24 heavy (non-hydrogen) atoms. The van der Waals surface area contributed by atoms with Gasteiger partial charge in [-0.05, 0) is 30.7 Å². The first kappa shape index (κ1) is 15.1. The highest BCUT2D eigenvalue weighted by atomic mass is 32.1. The molecule has 1 aliphatic heterocycles. The number of hydrogen-bond donors (Lipinski definition) is 3. The predicted molar refractivity (Wildman–Crippen MR) is 93.9 cm³/mol. The molecule has 1 aliphatic rings. The second-order valence-electron chi connectivity index (χ2n) is 5.90. The normalized spacial score (nSPS) is 13.9. The first-order valence-corrected chi connectivity index (χ1v) is 8.63. The molecule has 2 aromatic heterocycles. The van der Waals surface area contributed by atoms with Gasteiger partial charge < -0.3 is 16.4 Å². The van der Waals surface area contributed by atoms with Crippen LogP contribution in [0, 0.1) is 6.92 Å². The summed E-state index contributed by atoms with van der Waals surface area (Å²) in [6, 6.07) is 5.72. The Morgan fingerprint density at radius 2 is 2.33 bits per heavy atom. The predicted octanol–water partition coefficient (Wildman–Crippen LogP) is 1.42. The van der Waals surface area contributed by atoms with Crippen LogP contribution in [0.4, 0.5) is 5.13 Å². The number of benzene rings is 1. The summed E-state index contributed by atoms with van der Waals surface area (Å²) in [5.41, 5.74) is 10.2. The van der Waals surface area contributed by atoms with Crippen molar-refractivity contribution < 1.29 is 4.79 Å². The molecule has 3 heterocycles. The van der Waals surface area contributed by atoms with Crippen LogP contribution in [0.1, 0.15) is 27.3 Å². The van der Waals surface area contributed by atoms with E-state index >= 15 is 0 Å². The number of fused-ring (bicyclic) bond motifs is 2. The van der Waals surface area contributed by atoms with Gasteiger partial charge in [0.2, 0.25) is 0 Å². The molecule has 0 radical (unpaired) electrons. The molecule has 0 spiro atoms. The Labute approximate surface area is 142 Å². The first-order chi connectivity index (χ1) is 11.6. The van der Waals surface area contributed by atoms with Gasteiger partial charge in [0, 0.05) is 18.7 Å². The fraction of sp³-hybridized carbons (Fsp3) is 0.312. The van der Waals surface area contributed by atoms with Crippen molar-refractivity contribution in [2.24, 2.45) is 0 Å². The van der Waals surface area contributed by atoms with Gasteiger partial charge in [-0.2, -0.15) is 5.10 Å². The smallest absolute Gasteiger partial charge is 0.251 e. The highest BCUT2D eigenvalue weighted by Crippen LogP contribution is 2.27. The van der Waals surface area contributed by atoms with E-state index in [2.05, 4.69) is 20.7 Å². The van der Waals surface area contributed by atoms with Crippen molar-refractivity contribution in [1.29, 1.82) is 0 Å². The molecular weight excluding hydrogens is 324 g/mol. The molecule has 7 nitrogen and oxygen atoms in total. The Morgan fingerprint density at radius 3 is 3.17 bits per heavy atom. The Morgan fingerprint density at radius 1 is 1.46 bits per heavy atom. The van der Waals surface area contributed by atoms with Crippen LogP contribution in [0.2, 0.25) is 0 Å². The maximum atomic E-state index is 12.5. The molecule has 8 heteroatoms. The summed E-state index contributed by atoms with van der Waals surface area (Å²) in [5.74, 6) is -0.115. The molecule has 0 atom stereocenters. The number of nitrogens with one attached hydrogen (secondary N) is 2. The minimum atomic E-state index is -0.115. The zero-order valence-electron chi connectivity index (χ0n) is 13.3. The molecule has 4 rings (SSSR count). The van der Waals surface area contributed by atoms with Gasteiger partial charge >= 0.3 is 0 Å². The molecule has 0 saturated heterocycles. The van der Waals surface area contributed by atoms with Crippen LogP contribution in [-0.4, -0.2) is 27.2 Å². The Bertz CT molecular complexity index is 905. The number of carbonyl (C=O) groups is 1. The number of thiazole rings is 1. The Kier molecular flexibility index (Phi) is 3.70. The number of aromatic nitrogens is 3. The van der Waals surface area contributed by atoms with E-state index in [0.29, 0.717) is 17.2 Å². The Hall–Kier alpha value is -2.45. The van der Waals surface area contributed by atoms with Crippen molar-refractivity contribution in [2.45, 2.75) is 26.6 Å². The minimum Gasteiger partial charge on any atom is -0.375 e. The average Bonchev–Trinajstić information content (AvgIpc) is 3.14. The van der Waals surface area contributed by atoms with Gasteiger partial charge in [0.25, 0.3) is 5.91 Å². The molecule has 4 N–H and O–H groups in total. The van der Waals surface area contributed by atoms with Crippen LogP contribution in [0.5, 0.6) is 0 Å². The zero-order valence-corrected chi connectivity index (χ0v) is 14.1. The summed E-state index contributed by atoms with van der Waals surface area (Å²) in [4.78, 5) is 16.7. The van der Waals surface area contributed by atoms with Crippen LogP contribution in [0.15, 0.2) is 18.2 Å². The summed E-state index contributed by atoms with van der Waals surface area (Å²) < 4.78 is 2.93. The van der Waals surface area contributed by atoms with Crippen LogP contribution >= 0.6 is 11.3 Å². The lowest BCUT2D eigenvalue weighted by atomic mass is 10.1. The van der Waals surface area contributed by atoms with Gasteiger partial charge in [-0.25, -0.2) is 4.98 Å². The van der Waals surface area contributed by atoms with Gasteiger partial charge in [-0.3, -0.25) is 9.48 Å². The van der Waals surface area contributed by atoms with E-state index in [1.165, 1.54) is 11.3 Å². The van der Waals surface area contributed by atoms with Gasteiger partial charge in [0.05, 0.1) is 34.7 Å². The quantitative estimate of drug-likeness (QED) is 0.669. The lowest BCUT2D eigenvalue weighted by Gasteiger charge is -2.13. The molecule has 0 bridgehead atoms. The maximum absolute atomic E-state index is 12.5. The molecule has 0 aliphatic carbocycles. The largest absolute Gasteiger partial charge is 0.375 e. The van der Waals surface area contributed by atoms with Crippen molar-refractivity contribution in [3.8, 4) is 0 Å². The number of nitrogens with two attached hydrogens (primary N) is 1. The van der Waals surface area contributed by atoms with E-state index in [1.54, 1.807) is 0 Å². The number of amides is 1. The van der Waals surface area contributed by atoms with Gasteiger partial charge in [0.15, 0.2) is 5.13 Å². The summed E-state index contributed by atoms with van der Waals surface area (Å²) in [7, 11) is 0. The minimum absolute atomic E-state index is 0.115. The van der Waals surface area contributed by atoms with Crippen LogP contribution in [0.25, 0.3) is 10.2 Å². The fourth-order valence-corrected chi connectivity index (χ4v) is 3.81. The van der Waals surface area contributed by atoms with E-state index in [0.717, 1.165) is 46.8 Å². The summed E-state index contributed by atoms with van der Waals surface area (Å²) in [6.07, 6.45) is 0. The highest BCUT2D eigenvalue weighted by molar-refractivity contribution is 7.22. The number of nitrogens with zero attached hydrogens (tertiary/aromatic N) is 3. The monoisotopic (exact) mass is 342 g/mol. The van der Waals surface area contributed by atoms with Crippen LogP contribution in [0.3, 0.4) is 0 Å². The van der Waals surface area contributed by atoms with E-state index < -0.39 is 0 Å². The average molecular weight is 342 g/mol. The molecule has 0 saturated carbocycles. The molecule has 0 unspecified atom stereocenters. The third-order valence-corrected chi connectivity index (χ3v) is 4.95. The van der Waals surface area contributed by atoms with E-state index in [1.807, 2.05) is 29.8 Å². The van der Waals surface area contributed by atoms with Gasteiger partial charge in [0.1, 0.15) is 0 Å². The maximum Gasteiger partial charge on any atom is 0.251 e. The molecule has 1 amide bonds. The van der Waals surface area contributed by atoms with E-state index in [9.17, 15) is 4.79 Å². The summed E-state index contributed by atoms with van der Waals surface area (Å²) in [5, 5.41) is 11.3. The third-order valence-electron chi connectivity index (χ3n) is 4.11. The highest BCUT2D eigenvalue weighted by Gasteiger charge is 2.14. The number of anilines is 1. The van der Waals surface area contributed by atoms with Crippen molar-refractivity contribution in [2.75, 3.05) is 12.3 Å². The van der Waals surface area contributed by atoms with Crippen LogP contribution in [-0.2, 0) is 19.6 Å². The van der Waals surface area contributed by atoms with Crippen LogP contribution < -0.4 is 16.4 Å². The molecule has 3 aromatic rings. The molecule has 1 aromatic carbocycles. The van der Waals surface area contributed by atoms with E-state index in [4.69, 9.17) is 5.73 Å².